The molecule has 1 heterocycles. The Labute approximate surface area is 169 Å². The molecule has 7 heteroatoms. The summed E-state index contributed by atoms with van der Waals surface area (Å²) in [6.07, 6.45) is 1.08. The molecule has 1 amide bonds. The van der Waals surface area contributed by atoms with Crippen molar-refractivity contribution in [3.63, 3.8) is 0 Å². The topological polar surface area (TPSA) is 84.5 Å². The highest BCUT2D eigenvalue weighted by molar-refractivity contribution is 5.82. The molecule has 0 aliphatic heterocycles. The van der Waals surface area contributed by atoms with Gasteiger partial charge in [-0.1, -0.05) is 30.3 Å². The number of aromatic nitrogens is 2. The minimum absolute atomic E-state index is 0.0198. The molecule has 0 saturated carbocycles. The summed E-state index contributed by atoms with van der Waals surface area (Å²) in [6, 6.07) is 13.2. The van der Waals surface area contributed by atoms with E-state index in [0.717, 1.165) is 5.56 Å². The van der Waals surface area contributed by atoms with E-state index in [-0.39, 0.29) is 18.0 Å². The Kier molecular flexibility index (Phi) is 6.49. The van der Waals surface area contributed by atoms with Crippen molar-refractivity contribution in [1.29, 1.82) is 0 Å². The summed E-state index contributed by atoms with van der Waals surface area (Å²) in [5, 5.41) is 0.407. The van der Waals surface area contributed by atoms with Gasteiger partial charge in [-0.3, -0.25) is 9.59 Å². The normalized spacial score (nSPS) is 10.7. The predicted octanol–water partition coefficient (Wildman–Crippen LogP) is 2.92. The number of rotatable bonds is 8. The van der Waals surface area contributed by atoms with Gasteiger partial charge in [0, 0.05) is 19.0 Å². The van der Waals surface area contributed by atoms with Crippen LogP contribution in [0.3, 0.4) is 0 Å². The molecule has 0 unspecified atom stereocenters. The molecule has 2 aromatic carbocycles. The van der Waals surface area contributed by atoms with Crippen molar-refractivity contribution in [3.8, 4) is 11.5 Å². The number of nitrogens with zero attached hydrogens (tertiary/aromatic N) is 2. The number of H-pyrrole nitrogens is 1. The van der Waals surface area contributed by atoms with Crippen molar-refractivity contribution >= 4 is 16.8 Å². The summed E-state index contributed by atoms with van der Waals surface area (Å²) < 4.78 is 10.5. The zero-order valence-corrected chi connectivity index (χ0v) is 16.9. The molecule has 0 aliphatic rings. The second kappa shape index (κ2) is 9.23. The lowest BCUT2D eigenvalue weighted by molar-refractivity contribution is -0.131. The van der Waals surface area contributed by atoms with Crippen molar-refractivity contribution in [3.05, 3.63) is 64.2 Å². The zero-order valence-electron chi connectivity index (χ0n) is 16.9. The standard InChI is InChI=1S/C22H25N3O4/c1-4-25(21(26)11-10-15-8-6-5-7-9-15)14-20-23-17-13-19(29-3)18(28-2)12-16(17)22(27)24-20/h5-9,12-13H,4,10-11,14H2,1-3H3,(H,23,24,27). The van der Waals surface area contributed by atoms with Gasteiger partial charge < -0.3 is 19.4 Å². The maximum atomic E-state index is 12.7. The molecular weight excluding hydrogens is 370 g/mol. The van der Waals surface area contributed by atoms with Gasteiger partial charge in [0.05, 0.1) is 31.7 Å². The summed E-state index contributed by atoms with van der Waals surface area (Å²) in [5.74, 6) is 1.41. The quantitative estimate of drug-likeness (QED) is 0.634. The minimum atomic E-state index is -0.279. The molecule has 0 radical (unpaired) electrons. The minimum Gasteiger partial charge on any atom is -0.493 e. The molecule has 3 aromatic rings. The number of aryl methyl sites for hydroxylation is 1. The van der Waals surface area contributed by atoms with Crippen LogP contribution in [0.5, 0.6) is 11.5 Å². The number of hydrogen-bond acceptors (Lipinski definition) is 5. The number of fused-ring (bicyclic) bond motifs is 1. The van der Waals surface area contributed by atoms with Gasteiger partial charge in [-0.15, -0.1) is 0 Å². The van der Waals surface area contributed by atoms with Gasteiger partial charge in [-0.25, -0.2) is 4.98 Å². The second-order valence-corrected chi connectivity index (χ2v) is 6.63. The Hall–Kier alpha value is -3.35. The number of nitrogens with one attached hydrogen (secondary N) is 1. The molecule has 29 heavy (non-hydrogen) atoms. The Bertz CT molecular complexity index is 1050. The number of hydrogen-bond donors (Lipinski definition) is 1. The molecule has 0 atom stereocenters. The maximum absolute atomic E-state index is 12.7. The lowest BCUT2D eigenvalue weighted by Gasteiger charge is -2.20. The molecule has 3 rings (SSSR count). The van der Waals surface area contributed by atoms with Gasteiger partial charge in [0.15, 0.2) is 11.5 Å². The third kappa shape index (κ3) is 4.74. The lowest BCUT2D eigenvalue weighted by Crippen LogP contribution is -2.32. The van der Waals surface area contributed by atoms with Crippen LogP contribution in [0, 0.1) is 0 Å². The third-order valence-electron chi connectivity index (χ3n) is 4.81. The van der Waals surface area contributed by atoms with Crippen LogP contribution in [0.25, 0.3) is 10.9 Å². The highest BCUT2D eigenvalue weighted by Crippen LogP contribution is 2.29. The van der Waals surface area contributed by atoms with E-state index in [2.05, 4.69) is 9.97 Å². The number of methoxy groups -OCH3 is 2. The summed E-state index contributed by atoms with van der Waals surface area (Å²) >= 11 is 0. The van der Waals surface area contributed by atoms with Crippen molar-refractivity contribution in [2.75, 3.05) is 20.8 Å². The van der Waals surface area contributed by atoms with Crippen LogP contribution in [-0.2, 0) is 17.8 Å². The molecule has 1 aromatic heterocycles. The smallest absolute Gasteiger partial charge is 0.258 e. The van der Waals surface area contributed by atoms with Crippen LogP contribution in [0.1, 0.15) is 24.7 Å². The molecular formula is C22H25N3O4. The Morgan fingerprint density at radius 3 is 2.45 bits per heavy atom. The van der Waals surface area contributed by atoms with Gasteiger partial charge in [-0.05, 0) is 25.0 Å². The van der Waals surface area contributed by atoms with Gasteiger partial charge >= 0.3 is 0 Å². The Morgan fingerprint density at radius 1 is 1.10 bits per heavy atom. The predicted molar refractivity (Wildman–Crippen MR) is 111 cm³/mol. The van der Waals surface area contributed by atoms with E-state index in [1.54, 1.807) is 17.0 Å². The Morgan fingerprint density at radius 2 is 1.79 bits per heavy atom. The largest absolute Gasteiger partial charge is 0.493 e. The molecule has 152 valence electrons. The molecule has 0 bridgehead atoms. The maximum Gasteiger partial charge on any atom is 0.258 e. The van der Waals surface area contributed by atoms with Crippen LogP contribution in [0.4, 0.5) is 0 Å². The first-order valence-electron chi connectivity index (χ1n) is 9.52. The van der Waals surface area contributed by atoms with Crippen LogP contribution < -0.4 is 15.0 Å². The molecule has 7 nitrogen and oxygen atoms in total. The fourth-order valence-corrected chi connectivity index (χ4v) is 3.20. The summed E-state index contributed by atoms with van der Waals surface area (Å²) in [6.45, 7) is 2.68. The SMILES string of the molecule is CCN(Cc1nc2cc(OC)c(OC)cc2c(=O)[nH]1)C(=O)CCc1ccccc1. The van der Waals surface area contributed by atoms with E-state index < -0.39 is 0 Å². The van der Waals surface area contributed by atoms with Crippen LogP contribution in [-0.4, -0.2) is 41.5 Å². The number of aromatic amines is 1. The van der Waals surface area contributed by atoms with Crippen molar-refractivity contribution in [1.82, 2.24) is 14.9 Å². The number of carbonyl (C=O) groups excluding carboxylic acids is 1. The van der Waals surface area contributed by atoms with Crippen LogP contribution in [0.2, 0.25) is 0 Å². The van der Waals surface area contributed by atoms with Crippen LogP contribution >= 0.6 is 0 Å². The van der Waals surface area contributed by atoms with E-state index in [4.69, 9.17) is 9.47 Å². The van der Waals surface area contributed by atoms with Crippen molar-refractivity contribution < 1.29 is 14.3 Å². The highest BCUT2D eigenvalue weighted by Gasteiger charge is 2.16. The van der Waals surface area contributed by atoms with E-state index in [1.165, 1.54) is 14.2 Å². The summed E-state index contributed by atoms with van der Waals surface area (Å²) in [4.78, 5) is 34.2. The van der Waals surface area contributed by atoms with Gasteiger partial charge in [0.2, 0.25) is 5.91 Å². The average molecular weight is 395 g/mol. The second-order valence-electron chi connectivity index (χ2n) is 6.63. The lowest BCUT2D eigenvalue weighted by atomic mass is 10.1. The molecule has 0 aliphatic carbocycles. The first kappa shape index (κ1) is 20.4. The Balaban J connectivity index is 1.79. The third-order valence-corrected chi connectivity index (χ3v) is 4.81. The van der Waals surface area contributed by atoms with Gasteiger partial charge in [0.25, 0.3) is 5.56 Å². The van der Waals surface area contributed by atoms with E-state index in [0.29, 0.717) is 47.6 Å². The average Bonchev–Trinajstić information content (AvgIpc) is 2.75. The van der Waals surface area contributed by atoms with Gasteiger partial charge in [0.1, 0.15) is 5.82 Å². The highest BCUT2D eigenvalue weighted by atomic mass is 16.5. The first-order valence-corrected chi connectivity index (χ1v) is 9.52. The molecule has 0 fully saturated rings. The van der Waals surface area contributed by atoms with Crippen LogP contribution in [0.15, 0.2) is 47.3 Å². The fourth-order valence-electron chi connectivity index (χ4n) is 3.20. The molecule has 1 N–H and O–H groups in total. The number of amides is 1. The van der Waals surface area contributed by atoms with E-state index >= 15 is 0 Å². The van der Waals surface area contributed by atoms with Crippen molar-refractivity contribution in [2.45, 2.75) is 26.3 Å². The van der Waals surface area contributed by atoms with E-state index in [1.807, 2.05) is 37.3 Å². The number of carbonyl (C=O) groups is 1. The number of benzene rings is 2. The number of ether oxygens (including phenoxy) is 2. The fraction of sp³-hybridized carbons (Fsp3) is 0.318. The zero-order chi connectivity index (χ0) is 20.8. The monoisotopic (exact) mass is 395 g/mol. The summed E-state index contributed by atoms with van der Waals surface area (Å²) in [7, 11) is 3.04. The van der Waals surface area contributed by atoms with E-state index in [9.17, 15) is 9.59 Å². The van der Waals surface area contributed by atoms with Crippen molar-refractivity contribution in [2.24, 2.45) is 0 Å². The summed E-state index contributed by atoms with van der Waals surface area (Å²) in [5.41, 5.74) is 1.34. The first-order chi connectivity index (χ1) is 14.0. The van der Waals surface area contributed by atoms with Gasteiger partial charge in [-0.2, -0.15) is 0 Å². The molecule has 0 spiro atoms. The molecule has 0 saturated heterocycles.